The van der Waals surface area contributed by atoms with Gasteiger partial charge in [-0.05, 0) is 17.7 Å². The Morgan fingerprint density at radius 2 is 2.18 bits per heavy atom. The van der Waals surface area contributed by atoms with E-state index in [9.17, 15) is 0 Å². The highest BCUT2D eigenvalue weighted by Crippen LogP contribution is 2.26. The number of anilines is 1. The average Bonchev–Trinajstić information content (AvgIpc) is 2.33. The zero-order valence-electron chi connectivity index (χ0n) is 9.59. The lowest BCUT2D eigenvalue weighted by Gasteiger charge is -2.08. The van der Waals surface area contributed by atoms with E-state index in [0.29, 0.717) is 18.0 Å². The van der Waals surface area contributed by atoms with Gasteiger partial charge in [0.15, 0.2) is 5.75 Å². The summed E-state index contributed by atoms with van der Waals surface area (Å²) in [4.78, 5) is 3.91. The number of hydrogen-bond donors (Lipinski definition) is 1. The van der Waals surface area contributed by atoms with Crippen LogP contribution in [0.4, 0.5) is 5.69 Å². The standard InChI is InChI=1S/C13H14N2O2/c1-16-9-10-3-2-4-11(7-10)17-13-5-6-15-8-12(13)14/h2-8H,9,14H2,1H3. The van der Waals surface area contributed by atoms with Gasteiger partial charge in [0.25, 0.3) is 0 Å². The van der Waals surface area contributed by atoms with E-state index in [1.165, 1.54) is 0 Å². The first kappa shape index (κ1) is 11.4. The third-order valence-electron chi connectivity index (χ3n) is 2.25. The zero-order valence-corrected chi connectivity index (χ0v) is 9.59. The molecule has 1 aromatic heterocycles. The Balaban J connectivity index is 2.18. The third kappa shape index (κ3) is 2.95. The average molecular weight is 230 g/mol. The molecule has 0 aliphatic rings. The minimum Gasteiger partial charge on any atom is -0.455 e. The SMILES string of the molecule is COCc1cccc(Oc2ccncc2N)c1. The number of pyridine rings is 1. The Bertz CT molecular complexity index is 500. The number of methoxy groups -OCH3 is 1. The lowest BCUT2D eigenvalue weighted by molar-refractivity contribution is 0.184. The molecule has 4 heteroatoms. The Hall–Kier alpha value is -2.07. The molecule has 2 N–H and O–H groups in total. The van der Waals surface area contributed by atoms with Crippen LogP contribution in [0.15, 0.2) is 42.7 Å². The summed E-state index contributed by atoms with van der Waals surface area (Å²) < 4.78 is 10.7. The second kappa shape index (κ2) is 5.32. The van der Waals surface area contributed by atoms with E-state index in [4.69, 9.17) is 15.2 Å². The number of nitrogens with zero attached hydrogens (tertiary/aromatic N) is 1. The highest BCUT2D eigenvalue weighted by atomic mass is 16.5. The first-order valence-electron chi connectivity index (χ1n) is 5.25. The molecule has 88 valence electrons. The van der Waals surface area contributed by atoms with Crippen molar-refractivity contribution in [3.8, 4) is 11.5 Å². The maximum absolute atomic E-state index is 5.75. The fraction of sp³-hybridized carbons (Fsp3) is 0.154. The summed E-state index contributed by atoms with van der Waals surface area (Å²) in [6.07, 6.45) is 3.21. The van der Waals surface area contributed by atoms with Gasteiger partial charge in [-0.3, -0.25) is 4.98 Å². The van der Waals surface area contributed by atoms with Crippen LogP contribution in [0.1, 0.15) is 5.56 Å². The van der Waals surface area contributed by atoms with Crippen LogP contribution in [0.5, 0.6) is 11.5 Å². The molecule has 4 nitrogen and oxygen atoms in total. The Morgan fingerprint density at radius 3 is 2.94 bits per heavy atom. The van der Waals surface area contributed by atoms with Crippen molar-refractivity contribution >= 4 is 5.69 Å². The predicted octanol–water partition coefficient (Wildman–Crippen LogP) is 2.60. The van der Waals surface area contributed by atoms with Crippen LogP contribution >= 0.6 is 0 Å². The number of ether oxygens (including phenoxy) is 2. The summed E-state index contributed by atoms with van der Waals surface area (Å²) in [7, 11) is 1.66. The summed E-state index contributed by atoms with van der Waals surface area (Å²) in [6.45, 7) is 0.559. The smallest absolute Gasteiger partial charge is 0.153 e. The predicted molar refractivity (Wildman–Crippen MR) is 65.9 cm³/mol. The minimum atomic E-state index is 0.518. The van der Waals surface area contributed by atoms with E-state index < -0.39 is 0 Å². The quantitative estimate of drug-likeness (QED) is 0.877. The summed E-state index contributed by atoms with van der Waals surface area (Å²) in [5.74, 6) is 1.34. The largest absolute Gasteiger partial charge is 0.455 e. The van der Waals surface area contributed by atoms with Crippen LogP contribution in [0.25, 0.3) is 0 Å². The lowest BCUT2D eigenvalue weighted by Crippen LogP contribution is -1.93. The van der Waals surface area contributed by atoms with Crippen LogP contribution < -0.4 is 10.5 Å². The summed E-state index contributed by atoms with van der Waals surface area (Å²) in [6, 6.07) is 9.42. The molecule has 0 aliphatic heterocycles. The van der Waals surface area contributed by atoms with Crippen molar-refractivity contribution in [2.75, 3.05) is 12.8 Å². The number of rotatable bonds is 4. The molecule has 0 amide bonds. The first-order valence-corrected chi connectivity index (χ1v) is 5.25. The van der Waals surface area contributed by atoms with Crippen LogP contribution in [0, 0.1) is 0 Å². The van der Waals surface area contributed by atoms with E-state index in [-0.39, 0.29) is 0 Å². The fourth-order valence-electron chi connectivity index (χ4n) is 1.48. The van der Waals surface area contributed by atoms with Crippen LogP contribution in [-0.4, -0.2) is 12.1 Å². The van der Waals surface area contributed by atoms with Gasteiger partial charge < -0.3 is 15.2 Å². The van der Waals surface area contributed by atoms with Gasteiger partial charge in [-0.2, -0.15) is 0 Å². The molecule has 2 rings (SSSR count). The van der Waals surface area contributed by atoms with Crippen LogP contribution in [0.3, 0.4) is 0 Å². The fourth-order valence-corrected chi connectivity index (χ4v) is 1.48. The Labute approximate surface area is 100 Å². The molecule has 17 heavy (non-hydrogen) atoms. The van der Waals surface area contributed by atoms with E-state index in [0.717, 1.165) is 11.3 Å². The highest BCUT2D eigenvalue weighted by molar-refractivity contribution is 5.51. The maximum Gasteiger partial charge on any atom is 0.153 e. The number of aromatic nitrogens is 1. The lowest BCUT2D eigenvalue weighted by atomic mass is 10.2. The molecule has 0 spiro atoms. The number of nitrogens with two attached hydrogens (primary N) is 1. The molecule has 0 atom stereocenters. The number of nitrogen functional groups attached to an aromatic ring is 1. The van der Waals surface area contributed by atoms with Crippen molar-refractivity contribution in [3.63, 3.8) is 0 Å². The molecular formula is C13H14N2O2. The van der Waals surface area contributed by atoms with E-state index in [1.54, 1.807) is 25.6 Å². The van der Waals surface area contributed by atoms with Crippen molar-refractivity contribution in [1.29, 1.82) is 0 Å². The maximum atomic E-state index is 5.75. The van der Waals surface area contributed by atoms with Crippen LogP contribution in [-0.2, 0) is 11.3 Å². The highest BCUT2D eigenvalue weighted by Gasteiger charge is 2.02. The van der Waals surface area contributed by atoms with Gasteiger partial charge in [-0.25, -0.2) is 0 Å². The van der Waals surface area contributed by atoms with Gasteiger partial charge >= 0.3 is 0 Å². The normalized spacial score (nSPS) is 10.2. The second-order valence-corrected chi connectivity index (χ2v) is 3.60. The number of benzene rings is 1. The van der Waals surface area contributed by atoms with Crippen molar-refractivity contribution in [2.24, 2.45) is 0 Å². The summed E-state index contributed by atoms with van der Waals surface area (Å²) in [5, 5.41) is 0. The van der Waals surface area contributed by atoms with E-state index >= 15 is 0 Å². The molecule has 0 bridgehead atoms. The topological polar surface area (TPSA) is 57.4 Å². The molecule has 0 fully saturated rings. The van der Waals surface area contributed by atoms with Gasteiger partial charge in [0.2, 0.25) is 0 Å². The molecule has 0 unspecified atom stereocenters. The molecule has 1 aromatic carbocycles. The molecule has 2 aromatic rings. The summed E-state index contributed by atoms with van der Waals surface area (Å²) in [5.41, 5.74) is 7.32. The second-order valence-electron chi connectivity index (χ2n) is 3.60. The Kier molecular flexibility index (Phi) is 3.57. The van der Waals surface area contributed by atoms with Crippen LogP contribution in [0.2, 0.25) is 0 Å². The molecule has 1 heterocycles. The van der Waals surface area contributed by atoms with Gasteiger partial charge in [0, 0.05) is 19.4 Å². The Morgan fingerprint density at radius 1 is 1.29 bits per heavy atom. The summed E-state index contributed by atoms with van der Waals surface area (Å²) >= 11 is 0. The minimum absolute atomic E-state index is 0.518. The number of hydrogen-bond acceptors (Lipinski definition) is 4. The van der Waals surface area contributed by atoms with E-state index in [2.05, 4.69) is 4.98 Å². The van der Waals surface area contributed by atoms with Crippen molar-refractivity contribution in [3.05, 3.63) is 48.3 Å². The van der Waals surface area contributed by atoms with Gasteiger partial charge in [-0.1, -0.05) is 12.1 Å². The molecule has 0 saturated heterocycles. The van der Waals surface area contributed by atoms with Crippen molar-refractivity contribution in [2.45, 2.75) is 6.61 Å². The molecular weight excluding hydrogens is 216 g/mol. The van der Waals surface area contributed by atoms with Gasteiger partial charge in [-0.15, -0.1) is 0 Å². The molecule has 0 aliphatic carbocycles. The van der Waals surface area contributed by atoms with Gasteiger partial charge in [0.1, 0.15) is 5.75 Å². The molecule has 0 radical (unpaired) electrons. The molecule has 0 saturated carbocycles. The van der Waals surface area contributed by atoms with Gasteiger partial charge in [0.05, 0.1) is 18.5 Å². The zero-order chi connectivity index (χ0) is 12.1. The van der Waals surface area contributed by atoms with E-state index in [1.807, 2.05) is 24.3 Å². The first-order chi connectivity index (χ1) is 8.29. The van der Waals surface area contributed by atoms with Crippen molar-refractivity contribution < 1.29 is 9.47 Å². The third-order valence-corrected chi connectivity index (χ3v) is 2.25. The monoisotopic (exact) mass is 230 g/mol. The van der Waals surface area contributed by atoms with Crippen molar-refractivity contribution in [1.82, 2.24) is 4.98 Å².